The quantitative estimate of drug-likeness (QED) is 0.898. The van der Waals surface area contributed by atoms with Crippen LogP contribution >= 0.6 is 0 Å². The van der Waals surface area contributed by atoms with Crippen LogP contribution in [0.25, 0.3) is 0 Å². The van der Waals surface area contributed by atoms with Crippen molar-refractivity contribution in [2.45, 2.75) is 26.1 Å². The van der Waals surface area contributed by atoms with E-state index in [-0.39, 0.29) is 24.1 Å². The Hall–Kier alpha value is -2.67. The fourth-order valence-corrected chi connectivity index (χ4v) is 2.52. The van der Waals surface area contributed by atoms with Crippen molar-refractivity contribution in [3.05, 3.63) is 59.8 Å². The van der Waals surface area contributed by atoms with Crippen LogP contribution in [-0.4, -0.2) is 22.5 Å². The molecule has 6 nitrogen and oxygen atoms in total. The van der Waals surface area contributed by atoms with Gasteiger partial charge in [0.2, 0.25) is 11.7 Å². The van der Waals surface area contributed by atoms with Crippen LogP contribution in [0.4, 0.5) is 4.39 Å². The summed E-state index contributed by atoms with van der Waals surface area (Å²) in [4.78, 5) is 17.0. The molecule has 3 N–H and O–H groups in total. The van der Waals surface area contributed by atoms with Crippen molar-refractivity contribution < 1.29 is 13.6 Å². The van der Waals surface area contributed by atoms with Crippen LogP contribution in [0, 0.1) is 11.7 Å². The summed E-state index contributed by atoms with van der Waals surface area (Å²) in [5.41, 5.74) is 10.1. The number of hydrazine groups is 1. The highest BCUT2D eigenvalue weighted by Crippen LogP contribution is 2.24. The summed E-state index contributed by atoms with van der Waals surface area (Å²) in [6.07, 6.45) is 1.76. The Morgan fingerprint density at radius 1 is 1.38 bits per heavy atom. The van der Waals surface area contributed by atoms with Crippen molar-refractivity contribution in [3.8, 4) is 0 Å². The molecular formula is C17H19FN4O2. The SMILES string of the molecule is CC(C)C(=O)N1NC(c2ccco2)=NC1(N)Cc1ccc(F)cc1. The molecule has 0 saturated heterocycles. The van der Waals surface area contributed by atoms with Crippen LogP contribution in [0.3, 0.4) is 0 Å². The summed E-state index contributed by atoms with van der Waals surface area (Å²) in [5, 5.41) is 1.32. The first-order chi connectivity index (χ1) is 11.4. The van der Waals surface area contributed by atoms with E-state index in [2.05, 4.69) is 10.4 Å². The maximum Gasteiger partial charge on any atom is 0.246 e. The predicted molar refractivity (Wildman–Crippen MR) is 87.1 cm³/mol. The zero-order valence-electron chi connectivity index (χ0n) is 13.5. The van der Waals surface area contributed by atoms with Gasteiger partial charge in [-0.05, 0) is 29.8 Å². The lowest BCUT2D eigenvalue weighted by molar-refractivity contribution is -0.142. The summed E-state index contributed by atoms with van der Waals surface area (Å²) >= 11 is 0. The molecule has 0 saturated carbocycles. The molecule has 126 valence electrons. The highest BCUT2D eigenvalue weighted by atomic mass is 19.1. The number of aliphatic imine (C=N–C) groups is 1. The number of furan rings is 1. The minimum Gasteiger partial charge on any atom is -0.461 e. The summed E-state index contributed by atoms with van der Waals surface area (Å²) in [7, 11) is 0. The Labute approximate surface area is 139 Å². The molecule has 3 rings (SSSR count). The lowest BCUT2D eigenvalue weighted by atomic mass is 10.1. The molecule has 1 aliphatic heterocycles. The summed E-state index contributed by atoms with van der Waals surface area (Å²) in [5.74, 6) is -1.23. The molecule has 1 amide bonds. The predicted octanol–water partition coefficient (Wildman–Crippen LogP) is 2.02. The van der Waals surface area contributed by atoms with Crippen LogP contribution in [-0.2, 0) is 11.2 Å². The summed E-state index contributed by atoms with van der Waals surface area (Å²) in [6, 6.07) is 9.42. The number of carbonyl (C=O) groups is 1. The molecule has 2 aromatic rings. The highest BCUT2D eigenvalue weighted by Gasteiger charge is 2.43. The third-order valence-corrected chi connectivity index (χ3v) is 3.76. The van der Waals surface area contributed by atoms with E-state index in [1.165, 1.54) is 23.4 Å². The van der Waals surface area contributed by atoms with E-state index in [1.807, 2.05) is 0 Å². The van der Waals surface area contributed by atoms with Crippen LogP contribution in [0.2, 0.25) is 0 Å². The van der Waals surface area contributed by atoms with E-state index in [9.17, 15) is 9.18 Å². The highest BCUT2D eigenvalue weighted by molar-refractivity contribution is 5.99. The van der Waals surface area contributed by atoms with Crippen LogP contribution in [0.5, 0.6) is 0 Å². The van der Waals surface area contributed by atoms with Gasteiger partial charge in [-0.15, -0.1) is 0 Å². The van der Waals surface area contributed by atoms with Crippen LogP contribution in [0.15, 0.2) is 52.1 Å². The molecule has 2 heterocycles. The Morgan fingerprint density at radius 2 is 2.08 bits per heavy atom. The van der Waals surface area contributed by atoms with Gasteiger partial charge in [-0.1, -0.05) is 26.0 Å². The molecule has 1 aromatic heterocycles. The maximum atomic E-state index is 13.1. The number of rotatable bonds is 4. The first-order valence-electron chi connectivity index (χ1n) is 7.67. The van der Waals surface area contributed by atoms with Crippen molar-refractivity contribution in [1.29, 1.82) is 0 Å². The normalized spacial score (nSPS) is 20.2. The Morgan fingerprint density at radius 3 is 2.67 bits per heavy atom. The zero-order valence-corrected chi connectivity index (χ0v) is 13.5. The van der Waals surface area contributed by atoms with Gasteiger partial charge in [0.1, 0.15) is 5.82 Å². The lowest BCUT2D eigenvalue weighted by Crippen LogP contribution is -2.60. The second kappa shape index (κ2) is 6.09. The lowest BCUT2D eigenvalue weighted by Gasteiger charge is -2.33. The Kier molecular flexibility index (Phi) is 4.11. The van der Waals surface area contributed by atoms with E-state index in [1.54, 1.807) is 38.1 Å². The number of nitrogens with one attached hydrogen (secondary N) is 1. The van der Waals surface area contributed by atoms with Gasteiger partial charge >= 0.3 is 0 Å². The van der Waals surface area contributed by atoms with Gasteiger partial charge in [-0.2, -0.15) is 0 Å². The molecular weight excluding hydrogens is 311 g/mol. The molecule has 0 fully saturated rings. The molecule has 7 heteroatoms. The Bertz CT molecular complexity index is 755. The first kappa shape index (κ1) is 16.2. The second-order valence-corrected chi connectivity index (χ2v) is 6.06. The number of nitrogens with zero attached hydrogens (tertiary/aromatic N) is 2. The number of carbonyl (C=O) groups excluding carboxylic acids is 1. The summed E-state index contributed by atoms with van der Waals surface area (Å²) in [6.45, 7) is 3.57. The van der Waals surface area contributed by atoms with Crippen LogP contribution < -0.4 is 11.2 Å². The van der Waals surface area contributed by atoms with Gasteiger partial charge in [0.15, 0.2) is 11.6 Å². The van der Waals surface area contributed by atoms with Gasteiger partial charge in [0, 0.05) is 12.3 Å². The molecule has 1 aromatic carbocycles. The molecule has 24 heavy (non-hydrogen) atoms. The van der Waals surface area contributed by atoms with Crippen molar-refractivity contribution in [2.75, 3.05) is 0 Å². The largest absolute Gasteiger partial charge is 0.461 e. The third kappa shape index (κ3) is 3.03. The van der Waals surface area contributed by atoms with Gasteiger partial charge in [-0.3, -0.25) is 16.0 Å². The van der Waals surface area contributed by atoms with Crippen molar-refractivity contribution in [2.24, 2.45) is 16.6 Å². The Balaban J connectivity index is 1.94. The molecule has 0 spiro atoms. The smallest absolute Gasteiger partial charge is 0.246 e. The molecule has 1 aliphatic rings. The number of halogens is 1. The number of nitrogens with two attached hydrogens (primary N) is 1. The molecule has 1 unspecified atom stereocenters. The fourth-order valence-electron chi connectivity index (χ4n) is 2.52. The third-order valence-electron chi connectivity index (χ3n) is 3.76. The van der Waals surface area contributed by atoms with Gasteiger partial charge in [-0.25, -0.2) is 14.4 Å². The second-order valence-electron chi connectivity index (χ2n) is 6.06. The van der Waals surface area contributed by atoms with E-state index in [0.29, 0.717) is 11.6 Å². The average molecular weight is 330 g/mol. The van der Waals surface area contributed by atoms with Crippen molar-refractivity contribution in [3.63, 3.8) is 0 Å². The molecule has 0 aliphatic carbocycles. The zero-order chi connectivity index (χ0) is 17.3. The number of hydrogen-bond donors (Lipinski definition) is 2. The van der Waals surface area contributed by atoms with Gasteiger partial charge in [0.25, 0.3) is 0 Å². The van der Waals surface area contributed by atoms with E-state index in [0.717, 1.165) is 5.56 Å². The van der Waals surface area contributed by atoms with Crippen molar-refractivity contribution in [1.82, 2.24) is 10.4 Å². The van der Waals surface area contributed by atoms with E-state index < -0.39 is 5.79 Å². The number of amidine groups is 1. The standard InChI is InChI=1S/C17H19FN4O2/c1-11(2)16(23)22-17(19,10-12-5-7-13(18)8-6-12)20-15(21-22)14-4-3-9-24-14/h3-9,11H,10,19H2,1-2H3,(H,20,21). The minimum absolute atomic E-state index is 0.190. The molecule has 0 bridgehead atoms. The molecule has 0 radical (unpaired) electrons. The first-order valence-corrected chi connectivity index (χ1v) is 7.67. The summed E-state index contributed by atoms with van der Waals surface area (Å²) < 4.78 is 18.4. The number of benzene rings is 1. The van der Waals surface area contributed by atoms with Gasteiger partial charge < -0.3 is 4.42 Å². The maximum absolute atomic E-state index is 13.1. The van der Waals surface area contributed by atoms with E-state index in [4.69, 9.17) is 10.2 Å². The van der Waals surface area contributed by atoms with E-state index >= 15 is 0 Å². The fraction of sp³-hybridized carbons (Fsp3) is 0.294. The monoisotopic (exact) mass is 330 g/mol. The van der Waals surface area contributed by atoms with Crippen LogP contribution in [0.1, 0.15) is 25.2 Å². The topological polar surface area (TPSA) is 83.9 Å². The number of amides is 1. The van der Waals surface area contributed by atoms with Crippen molar-refractivity contribution >= 4 is 11.7 Å². The minimum atomic E-state index is -1.32. The molecule has 1 atom stereocenters. The van der Waals surface area contributed by atoms with Gasteiger partial charge in [0.05, 0.1) is 6.26 Å². The number of hydrogen-bond acceptors (Lipinski definition) is 5. The average Bonchev–Trinajstić information content (AvgIpc) is 3.17.